The number of carbonyl (C=O) groups is 1. The van der Waals surface area contributed by atoms with Crippen molar-refractivity contribution in [3.05, 3.63) is 29.8 Å². The first kappa shape index (κ1) is 17.6. The van der Waals surface area contributed by atoms with E-state index in [2.05, 4.69) is 26.1 Å². The molecule has 1 heterocycles. The van der Waals surface area contributed by atoms with Crippen molar-refractivity contribution < 1.29 is 14.6 Å². The summed E-state index contributed by atoms with van der Waals surface area (Å²) < 4.78 is 5.46. The molecule has 2 amide bonds. The third-order valence-electron chi connectivity index (χ3n) is 4.27. The van der Waals surface area contributed by atoms with Crippen LogP contribution < -0.4 is 10.1 Å². The van der Waals surface area contributed by atoms with E-state index < -0.39 is 6.10 Å². The number of nitrogens with one attached hydrogen (secondary N) is 1. The molecule has 1 fully saturated rings. The van der Waals surface area contributed by atoms with Crippen LogP contribution in [0.3, 0.4) is 0 Å². The zero-order valence-electron chi connectivity index (χ0n) is 14.5. The van der Waals surface area contributed by atoms with Gasteiger partial charge in [-0.3, -0.25) is 0 Å². The first-order valence-corrected chi connectivity index (χ1v) is 8.19. The van der Waals surface area contributed by atoms with Gasteiger partial charge in [0, 0.05) is 18.7 Å². The van der Waals surface area contributed by atoms with E-state index in [1.54, 1.807) is 12.0 Å². The van der Waals surface area contributed by atoms with Gasteiger partial charge in [-0.1, -0.05) is 39.0 Å². The normalized spacial score (nSPS) is 20.0. The standard InChI is InChI=1S/C18H28N2O3/c1-18(2,3)16(14-9-5-6-10-15(14)23-4)19-17(22)20-11-7-8-13(21)12-20/h5-6,9-10,13,16,21H,7-8,11-12H2,1-4H3,(H,19,22). The van der Waals surface area contributed by atoms with E-state index in [9.17, 15) is 9.90 Å². The third-order valence-corrected chi connectivity index (χ3v) is 4.27. The fraction of sp³-hybridized carbons (Fsp3) is 0.611. The predicted octanol–water partition coefficient (Wildman–Crippen LogP) is 2.95. The van der Waals surface area contributed by atoms with Gasteiger partial charge in [-0.2, -0.15) is 0 Å². The fourth-order valence-electron chi connectivity index (χ4n) is 3.02. The van der Waals surface area contributed by atoms with Crippen molar-refractivity contribution in [1.82, 2.24) is 10.2 Å². The van der Waals surface area contributed by atoms with Crippen LogP contribution in [0.2, 0.25) is 0 Å². The van der Waals surface area contributed by atoms with Crippen LogP contribution in [-0.4, -0.2) is 42.3 Å². The molecule has 2 unspecified atom stereocenters. The summed E-state index contributed by atoms with van der Waals surface area (Å²) in [5.41, 5.74) is 0.798. The maximum atomic E-state index is 12.6. The minimum absolute atomic E-state index is 0.130. The van der Waals surface area contributed by atoms with Crippen LogP contribution in [0.25, 0.3) is 0 Å². The Morgan fingerprint density at radius 3 is 2.70 bits per heavy atom. The minimum atomic E-state index is -0.422. The SMILES string of the molecule is COc1ccccc1C(NC(=O)N1CCCC(O)C1)C(C)(C)C. The van der Waals surface area contributed by atoms with E-state index in [4.69, 9.17) is 4.74 Å². The Hall–Kier alpha value is -1.75. The quantitative estimate of drug-likeness (QED) is 0.900. The van der Waals surface area contributed by atoms with E-state index in [1.807, 2.05) is 24.3 Å². The largest absolute Gasteiger partial charge is 0.496 e. The third kappa shape index (κ3) is 4.38. The van der Waals surface area contributed by atoms with Gasteiger partial charge < -0.3 is 20.1 Å². The lowest BCUT2D eigenvalue weighted by Crippen LogP contribution is -2.49. The second-order valence-corrected chi connectivity index (χ2v) is 7.23. The number of hydrogen-bond donors (Lipinski definition) is 2. The van der Waals surface area contributed by atoms with Gasteiger partial charge in [-0.05, 0) is 24.3 Å². The molecule has 0 aromatic heterocycles. The van der Waals surface area contributed by atoms with Crippen molar-refractivity contribution >= 4 is 6.03 Å². The summed E-state index contributed by atoms with van der Waals surface area (Å²) in [4.78, 5) is 14.3. The number of aliphatic hydroxyl groups is 1. The number of para-hydroxylation sites is 1. The van der Waals surface area contributed by atoms with Crippen molar-refractivity contribution in [1.29, 1.82) is 0 Å². The lowest BCUT2D eigenvalue weighted by Gasteiger charge is -2.36. The lowest BCUT2D eigenvalue weighted by atomic mass is 9.82. The zero-order chi connectivity index (χ0) is 17.0. The molecular weight excluding hydrogens is 292 g/mol. The van der Waals surface area contributed by atoms with Crippen molar-refractivity contribution in [2.75, 3.05) is 20.2 Å². The smallest absolute Gasteiger partial charge is 0.317 e. The van der Waals surface area contributed by atoms with Crippen LogP contribution in [0.15, 0.2) is 24.3 Å². The molecular formula is C18H28N2O3. The molecule has 1 saturated heterocycles. The van der Waals surface area contributed by atoms with Crippen molar-refractivity contribution in [3.8, 4) is 5.75 Å². The van der Waals surface area contributed by atoms with Crippen LogP contribution >= 0.6 is 0 Å². The molecule has 0 bridgehead atoms. The van der Waals surface area contributed by atoms with Gasteiger partial charge in [0.1, 0.15) is 5.75 Å². The molecule has 128 valence electrons. The number of hydrogen-bond acceptors (Lipinski definition) is 3. The van der Waals surface area contributed by atoms with Crippen molar-refractivity contribution in [2.45, 2.75) is 45.8 Å². The molecule has 5 heteroatoms. The Morgan fingerprint density at radius 2 is 2.09 bits per heavy atom. The number of carbonyl (C=O) groups excluding carboxylic acids is 1. The van der Waals surface area contributed by atoms with Crippen molar-refractivity contribution in [3.63, 3.8) is 0 Å². The molecule has 1 aliphatic rings. The number of ether oxygens (including phenoxy) is 1. The molecule has 1 aromatic carbocycles. The summed E-state index contributed by atoms with van der Waals surface area (Å²) >= 11 is 0. The number of aliphatic hydroxyl groups excluding tert-OH is 1. The van der Waals surface area contributed by atoms with E-state index in [0.717, 1.165) is 24.2 Å². The Balaban J connectivity index is 2.21. The summed E-state index contributed by atoms with van der Waals surface area (Å²) in [6.07, 6.45) is 1.18. The monoisotopic (exact) mass is 320 g/mol. The highest BCUT2D eigenvalue weighted by atomic mass is 16.5. The average molecular weight is 320 g/mol. The Labute approximate surface area is 138 Å². The predicted molar refractivity (Wildman–Crippen MR) is 90.5 cm³/mol. The number of benzene rings is 1. The van der Waals surface area contributed by atoms with Crippen LogP contribution in [0.1, 0.15) is 45.2 Å². The number of methoxy groups -OCH3 is 1. The maximum absolute atomic E-state index is 12.6. The van der Waals surface area contributed by atoms with Crippen LogP contribution in [0.4, 0.5) is 4.79 Å². The minimum Gasteiger partial charge on any atom is -0.496 e. The molecule has 0 saturated carbocycles. The summed E-state index contributed by atoms with van der Waals surface area (Å²) in [6, 6.07) is 7.46. The van der Waals surface area contributed by atoms with Crippen LogP contribution in [-0.2, 0) is 0 Å². The van der Waals surface area contributed by atoms with Gasteiger partial charge in [-0.15, -0.1) is 0 Å². The molecule has 23 heavy (non-hydrogen) atoms. The molecule has 2 atom stereocenters. The summed E-state index contributed by atoms with van der Waals surface area (Å²) in [5.74, 6) is 0.770. The Bertz CT molecular complexity index is 539. The summed E-state index contributed by atoms with van der Waals surface area (Å²) in [5, 5.41) is 12.9. The second kappa shape index (κ2) is 7.21. The molecule has 5 nitrogen and oxygen atoms in total. The maximum Gasteiger partial charge on any atom is 0.317 e. The molecule has 2 N–H and O–H groups in total. The molecule has 1 aromatic rings. The van der Waals surface area contributed by atoms with Gasteiger partial charge >= 0.3 is 6.03 Å². The van der Waals surface area contributed by atoms with Crippen LogP contribution in [0, 0.1) is 5.41 Å². The Morgan fingerprint density at radius 1 is 1.39 bits per heavy atom. The van der Waals surface area contributed by atoms with Crippen LogP contribution in [0.5, 0.6) is 5.75 Å². The number of nitrogens with zero attached hydrogens (tertiary/aromatic N) is 1. The number of urea groups is 1. The number of likely N-dealkylation sites (tertiary alicyclic amines) is 1. The molecule has 1 aliphatic heterocycles. The molecule has 2 rings (SSSR count). The average Bonchev–Trinajstić information content (AvgIpc) is 2.51. The van der Waals surface area contributed by atoms with Gasteiger partial charge in [0.25, 0.3) is 0 Å². The highest BCUT2D eigenvalue weighted by Gasteiger charge is 2.32. The van der Waals surface area contributed by atoms with Gasteiger partial charge in [-0.25, -0.2) is 4.79 Å². The zero-order valence-corrected chi connectivity index (χ0v) is 14.5. The highest BCUT2D eigenvalue weighted by Crippen LogP contribution is 2.37. The summed E-state index contributed by atoms with van der Waals surface area (Å²) in [6.45, 7) is 7.36. The Kier molecular flexibility index (Phi) is 5.52. The first-order chi connectivity index (χ1) is 10.8. The van der Waals surface area contributed by atoms with Gasteiger partial charge in [0.2, 0.25) is 0 Å². The first-order valence-electron chi connectivity index (χ1n) is 8.19. The lowest BCUT2D eigenvalue weighted by molar-refractivity contribution is 0.0812. The fourth-order valence-corrected chi connectivity index (χ4v) is 3.02. The highest BCUT2D eigenvalue weighted by molar-refractivity contribution is 5.75. The number of β-amino-alcohol motifs (C(OH)–C–C–N with tert-alkyl or cyclic N) is 1. The van der Waals surface area contributed by atoms with Crippen molar-refractivity contribution in [2.24, 2.45) is 5.41 Å². The number of rotatable bonds is 3. The molecule has 0 spiro atoms. The van der Waals surface area contributed by atoms with E-state index in [1.165, 1.54) is 0 Å². The second-order valence-electron chi connectivity index (χ2n) is 7.23. The molecule has 0 radical (unpaired) electrons. The topological polar surface area (TPSA) is 61.8 Å². The number of piperidine rings is 1. The number of amides is 2. The van der Waals surface area contributed by atoms with E-state index >= 15 is 0 Å². The molecule has 0 aliphatic carbocycles. The van der Waals surface area contributed by atoms with Gasteiger partial charge in [0.05, 0.1) is 19.3 Å². The van der Waals surface area contributed by atoms with Gasteiger partial charge in [0.15, 0.2) is 0 Å². The van der Waals surface area contributed by atoms with E-state index in [0.29, 0.717) is 13.1 Å². The van der Waals surface area contributed by atoms with E-state index in [-0.39, 0.29) is 17.5 Å². The summed E-state index contributed by atoms with van der Waals surface area (Å²) in [7, 11) is 1.64.